The lowest BCUT2D eigenvalue weighted by Crippen LogP contribution is -2.34. The topological polar surface area (TPSA) is 79.5 Å². The summed E-state index contributed by atoms with van der Waals surface area (Å²) in [7, 11) is 0. The monoisotopic (exact) mass is 301 g/mol. The number of aliphatic hydroxyl groups is 1. The lowest BCUT2D eigenvalue weighted by atomic mass is 10.2. The molecule has 94 valence electrons. The number of carbonyl (C=O) groups excluding carboxylic acids is 1. The molecule has 0 aliphatic rings. The molecule has 5 nitrogen and oxygen atoms in total. The molecule has 1 rings (SSSR count). The summed E-state index contributed by atoms with van der Waals surface area (Å²) in [4.78, 5) is 17.7. The van der Waals surface area contributed by atoms with Gasteiger partial charge in [-0.1, -0.05) is 6.92 Å². The number of nitrogens with zero attached hydrogens (tertiary/aromatic N) is 2. The SMILES string of the molecule is CCCN(CCO)C(=O)c1cc(Br)cnc1N. The first-order valence-corrected chi connectivity index (χ1v) is 6.20. The Morgan fingerprint density at radius 2 is 2.29 bits per heavy atom. The Kier molecular flexibility index (Phi) is 5.37. The van der Waals surface area contributed by atoms with Crippen LogP contribution in [0.3, 0.4) is 0 Å². The molecule has 0 aliphatic carbocycles. The molecule has 1 heterocycles. The van der Waals surface area contributed by atoms with E-state index in [-0.39, 0.29) is 18.3 Å². The van der Waals surface area contributed by atoms with E-state index in [1.54, 1.807) is 17.2 Å². The van der Waals surface area contributed by atoms with E-state index >= 15 is 0 Å². The fraction of sp³-hybridized carbons (Fsp3) is 0.455. The summed E-state index contributed by atoms with van der Waals surface area (Å²) >= 11 is 3.25. The molecular formula is C11H16BrN3O2. The zero-order valence-electron chi connectivity index (χ0n) is 9.69. The van der Waals surface area contributed by atoms with Crippen molar-refractivity contribution in [2.75, 3.05) is 25.4 Å². The van der Waals surface area contributed by atoms with Crippen molar-refractivity contribution in [3.05, 3.63) is 22.3 Å². The first-order valence-electron chi connectivity index (χ1n) is 5.41. The van der Waals surface area contributed by atoms with Crippen LogP contribution in [0.15, 0.2) is 16.7 Å². The number of carbonyl (C=O) groups is 1. The number of nitrogen functional groups attached to an aromatic ring is 1. The van der Waals surface area contributed by atoms with Gasteiger partial charge < -0.3 is 15.7 Å². The van der Waals surface area contributed by atoms with Gasteiger partial charge in [-0.25, -0.2) is 4.98 Å². The standard InChI is InChI=1S/C11H16BrN3O2/c1-2-3-15(4-5-16)11(17)9-6-8(12)7-14-10(9)13/h6-7,16H,2-5H2,1H3,(H2,13,14). The van der Waals surface area contributed by atoms with Crippen molar-refractivity contribution in [3.8, 4) is 0 Å². The lowest BCUT2D eigenvalue weighted by molar-refractivity contribution is 0.0722. The Labute approximate surface area is 109 Å². The molecule has 6 heteroatoms. The number of pyridine rings is 1. The van der Waals surface area contributed by atoms with Crippen LogP contribution in [0, 0.1) is 0 Å². The van der Waals surface area contributed by atoms with Gasteiger partial charge in [0.15, 0.2) is 0 Å². The van der Waals surface area contributed by atoms with Crippen molar-refractivity contribution >= 4 is 27.7 Å². The Balaban J connectivity index is 2.95. The van der Waals surface area contributed by atoms with Crippen LogP contribution < -0.4 is 5.73 Å². The quantitative estimate of drug-likeness (QED) is 0.858. The van der Waals surface area contributed by atoms with Crippen LogP contribution in [0.5, 0.6) is 0 Å². The van der Waals surface area contributed by atoms with Crippen molar-refractivity contribution in [3.63, 3.8) is 0 Å². The number of aromatic nitrogens is 1. The number of hydrogen-bond acceptors (Lipinski definition) is 4. The van der Waals surface area contributed by atoms with Crippen LogP contribution in [0.25, 0.3) is 0 Å². The summed E-state index contributed by atoms with van der Waals surface area (Å²) in [5.41, 5.74) is 6.04. The van der Waals surface area contributed by atoms with Crippen LogP contribution >= 0.6 is 15.9 Å². The van der Waals surface area contributed by atoms with E-state index in [1.807, 2.05) is 6.92 Å². The average molecular weight is 302 g/mol. The van der Waals surface area contributed by atoms with Gasteiger partial charge in [0.25, 0.3) is 5.91 Å². The zero-order valence-corrected chi connectivity index (χ0v) is 11.3. The van der Waals surface area contributed by atoms with Crippen LogP contribution in [0.1, 0.15) is 23.7 Å². The fourth-order valence-electron chi connectivity index (χ4n) is 1.50. The highest BCUT2D eigenvalue weighted by atomic mass is 79.9. The van der Waals surface area contributed by atoms with E-state index in [9.17, 15) is 4.79 Å². The molecule has 0 fully saturated rings. The summed E-state index contributed by atoms with van der Waals surface area (Å²) in [6.07, 6.45) is 2.37. The van der Waals surface area contributed by atoms with Crippen molar-refractivity contribution < 1.29 is 9.90 Å². The van der Waals surface area contributed by atoms with Gasteiger partial charge in [-0.15, -0.1) is 0 Å². The Morgan fingerprint density at radius 1 is 1.59 bits per heavy atom. The summed E-state index contributed by atoms with van der Waals surface area (Å²) in [5.74, 6) is 0.00411. The highest BCUT2D eigenvalue weighted by Gasteiger charge is 2.18. The number of amides is 1. The van der Waals surface area contributed by atoms with Crippen molar-refractivity contribution in [1.29, 1.82) is 0 Å². The van der Waals surface area contributed by atoms with Gasteiger partial charge in [-0.3, -0.25) is 4.79 Å². The first kappa shape index (κ1) is 13.9. The molecule has 1 aromatic heterocycles. The third kappa shape index (κ3) is 3.67. The maximum absolute atomic E-state index is 12.2. The summed E-state index contributed by atoms with van der Waals surface area (Å²) in [6.45, 7) is 2.80. The number of anilines is 1. The minimum absolute atomic E-state index is 0.0624. The predicted octanol–water partition coefficient (Wildman–Crippen LogP) is 1.27. The summed E-state index contributed by atoms with van der Waals surface area (Å²) in [6, 6.07) is 1.64. The molecule has 1 amide bonds. The number of rotatable bonds is 5. The van der Waals surface area contributed by atoms with Crippen LogP contribution in [-0.4, -0.2) is 40.6 Å². The highest BCUT2D eigenvalue weighted by Crippen LogP contribution is 2.17. The smallest absolute Gasteiger partial charge is 0.257 e. The molecule has 1 aromatic rings. The average Bonchev–Trinajstić information content (AvgIpc) is 2.31. The number of halogens is 1. The van der Waals surface area contributed by atoms with Gasteiger partial charge in [0, 0.05) is 23.8 Å². The normalized spacial score (nSPS) is 10.3. The number of hydrogen-bond donors (Lipinski definition) is 2. The van der Waals surface area contributed by atoms with Gasteiger partial charge in [0.1, 0.15) is 5.82 Å². The predicted molar refractivity (Wildman–Crippen MR) is 69.6 cm³/mol. The minimum Gasteiger partial charge on any atom is -0.395 e. The molecule has 0 radical (unpaired) electrons. The van der Waals surface area contributed by atoms with Gasteiger partial charge in [0.05, 0.1) is 12.2 Å². The summed E-state index contributed by atoms with van der Waals surface area (Å²) in [5, 5.41) is 8.93. The van der Waals surface area contributed by atoms with E-state index in [0.717, 1.165) is 6.42 Å². The highest BCUT2D eigenvalue weighted by molar-refractivity contribution is 9.10. The Hall–Kier alpha value is -1.14. The van der Waals surface area contributed by atoms with Crippen LogP contribution in [0.4, 0.5) is 5.82 Å². The van der Waals surface area contributed by atoms with Gasteiger partial charge in [0.2, 0.25) is 0 Å². The molecule has 0 aromatic carbocycles. The second-order valence-corrected chi connectivity index (χ2v) is 4.52. The molecule has 0 atom stereocenters. The van der Waals surface area contributed by atoms with Crippen LogP contribution in [-0.2, 0) is 0 Å². The lowest BCUT2D eigenvalue weighted by Gasteiger charge is -2.21. The number of nitrogens with two attached hydrogens (primary N) is 1. The first-order chi connectivity index (χ1) is 8.10. The molecule has 17 heavy (non-hydrogen) atoms. The van der Waals surface area contributed by atoms with Crippen LogP contribution in [0.2, 0.25) is 0 Å². The molecule has 3 N–H and O–H groups in total. The molecule has 0 saturated heterocycles. The van der Waals surface area contributed by atoms with Gasteiger partial charge in [-0.2, -0.15) is 0 Å². The molecular weight excluding hydrogens is 286 g/mol. The van der Waals surface area contributed by atoms with Crippen molar-refractivity contribution in [1.82, 2.24) is 9.88 Å². The Bertz CT molecular complexity index is 392. The third-order valence-electron chi connectivity index (χ3n) is 2.27. The number of aliphatic hydroxyl groups excluding tert-OH is 1. The largest absolute Gasteiger partial charge is 0.395 e. The molecule has 0 saturated carbocycles. The van der Waals surface area contributed by atoms with E-state index in [2.05, 4.69) is 20.9 Å². The molecule has 0 bridgehead atoms. The maximum atomic E-state index is 12.2. The molecule has 0 spiro atoms. The van der Waals surface area contributed by atoms with E-state index < -0.39 is 0 Å². The van der Waals surface area contributed by atoms with E-state index in [1.165, 1.54) is 0 Å². The molecule has 0 aliphatic heterocycles. The maximum Gasteiger partial charge on any atom is 0.257 e. The van der Waals surface area contributed by atoms with E-state index in [4.69, 9.17) is 10.8 Å². The second-order valence-electron chi connectivity index (χ2n) is 3.60. The third-order valence-corrected chi connectivity index (χ3v) is 2.70. The zero-order chi connectivity index (χ0) is 12.8. The van der Waals surface area contributed by atoms with Crippen molar-refractivity contribution in [2.24, 2.45) is 0 Å². The van der Waals surface area contributed by atoms with Crippen molar-refractivity contribution in [2.45, 2.75) is 13.3 Å². The fourth-order valence-corrected chi connectivity index (χ4v) is 1.83. The summed E-state index contributed by atoms with van der Waals surface area (Å²) < 4.78 is 0.704. The Morgan fingerprint density at radius 3 is 2.88 bits per heavy atom. The van der Waals surface area contributed by atoms with Gasteiger partial charge in [-0.05, 0) is 28.4 Å². The molecule has 0 unspecified atom stereocenters. The minimum atomic E-state index is -0.202. The van der Waals surface area contributed by atoms with Gasteiger partial charge >= 0.3 is 0 Å². The van der Waals surface area contributed by atoms with E-state index in [0.29, 0.717) is 23.1 Å². The second kappa shape index (κ2) is 6.56.